The lowest BCUT2D eigenvalue weighted by atomic mass is 9.95. The van der Waals surface area contributed by atoms with Crippen LogP contribution in [0, 0.1) is 5.92 Å². The summed E-state index contributed by atoms with van der Waals surface area (Å²) in [6.45, 7) is 15.3. The van der Waals surface area contributed by atoms with Crippen LogP contribution in [0.1, 0.15) is 51.0 Å². The van der Waals surface area contributed by atoms with Crippen LogP contribution in [0.15, 0.2) is 16.0 Å². The average Bonchev–Trinajstić information content (AvgIpc) is 3.40. The molecule has 1 saturated carbocycles. The van der Waals surface area contributed by atoms with Crippen LogP contribution in [0.2, 0.25) is 19.6 Å². The zero-order valence-electron chi connectivity index (χ0n) is 18.8. The minimum atomic E-state index is -1.72. The van der Waals surface area contributed by atoms with Crippen LogP contribution in [0.5, 0.6) is 0 Å². The van der Waals surface area contributed by atoms with Crippen LogP contribution < -0.4 is 16.1 Å². The summed E-state index contributed by atoms with van der Waals surface area (Å²) in [4.78, 5) is 23.5. The van der Waals surface area contributed by atoms with Crippen LogP contribution in [0.3, 0.4) is 0 Å². The minimum absolute atomic E-state index is 0.0519. The maximum absolute atomic E-state index is 12.8. The highest BCUT2D eigenvalue weighted by Gasteiger charge is 2.48. The number of fused-ring (bicyclic) bond motifs is 1. The number of hydrogen-bond donors (Lipinski definition) is 1. The zero-order chi connectivity index (χ0) is 20.8. The minimum Gasteiger partial charge on any atom is -0.379 e. The van der Waals surface area contributed by atoms with Gasteiger partial charge in [-0.3, -0.25) is 9.79 Å². The van der Waals surface area contributed by atoms with Gasteiger partial charge in [0.25, 0.3) is 5.56 Å². The molecule has 0 radical (unpaired) electrons. The number of ether oxygens (including phenoxy) is 1. The van der Waals surface area contributed by atoms with Crippen LogP contribution in [-0.2, 0) is 4.74 Å². The molecule has 4 rings (SSSR count). The van der Waals surface area contributed by atoms with Crippen molar-refractivity contribution in [2.45, 2.75) is 76.4 Å². The van der Waals surface area contributed by atoms with Gasteiger partial charge in [-0.1, -0.05) is 26.6 Å². The van der Waals surface area contributed by atoms with Gasteiger partial charge >= 0.3 is 0 Å². The summed E-state index contributed by atoms with van der Waals surface area (Å²) in [6.07, 6.45) is 9.25. The Morgan fingerprint density at radius 2 is 2.10 bits per heavy atom. The van der Waals surface area contributed by atoms with Gasteiger partial charge in [0.05, 0.1) is 13.8 Å². The largest absolute Gasteiger partial charge is 0.379 e. The summed E-state index contributed by atoms with van der Waals surface area (Å²) in [6, 6.07) is 0. The van der Waals surface area contributed by atoms with E-state index in [-0.39, 0.29) is 11.3 Å². The molecule has 2 aliphatic heterocycles. The molecule has 0 amide bonds. The van der Waals surface area contributed by atoms with Crippen molar-refractivity contribution in [1.82, 2.24) is 9.88 Å². The van der Waals surface area contributed by atoms with E-state index >= 15 is 0 Å². The fourth-order valence-electron chi connectivity index (χ4n) is 5.43. The van der Waals surface area contributed by atoms with Crippen LogP contribution in [0.25, 0.3) is 6.08 Å². The first-order valence-electron chi connectivity index (χ1n) is 11.4. The summed E-state index contributed by atoms with van der Waals surface area (Å²) in [7, 11) is -1.72. The third kappa shape index (κ3) is 4.16. The third-order valence-corrected chi connectivity index (χ3v) is 8.90. The lowest BCUT2D eigenvalue weighted by Gasteiger charge is -2.44. The fourth-order valence-corrected chi connectivity index (χ4v) is 7.84. The van der Waals surface area contributed by atoms with Gasteiger partial charge in [0, 0.05) is 31.1 Å². The molecule has 3 aliphatic rings. The van der Waals surface area contributed by atoms with Crippen molar-refractivity contribution in [3.05, 3.63) is 32.7 Å². The molecule has 29 heavy (non-hydrogen) atoms. The molecule has 2 fully saturated rings. The number of likely N-dealkylation sites (tertiary alicyclic amines) is 1. The molecule has 5 nitrogen and oxygen atoms in total. The second-order valence-electron chi connectivity index (χ2n) is 10.5. The Bertz CT molecular complexity index is 931. The highest BCUT2D eigenvalue weighted by Crippen LogP contribution is 2.39. The number of nitrogens with zero attached hydrogens (tertiary/aromatic N) is 2. The van der Waals surface area contributed by atoms with E-state index in [1.54, 1.807) is 0 Å². The van der Waals surface area contributed by atoms with E-state index in [0.29, 0.717) is 23.8 Å². The Balaban J connectivity index is 1.84. The molecule has 3 heterocycles. The quantitative estimate of drug-likeness (QED) is 0.696. The number of aromatic nitrogens is 1. The van der Waals surface area contributed by atoms with Gasteiger partial charge < -0.3 is 14.6 Å². The lowest BCUT2D eigenvalue weighted by Crippen LogP contribution is -2.60. The molecule has 0 bridgehead atoms. The van der Waals surface area contributed by atoms with Gasteiger partial charge in [-0.2, -0.15) is 0 Å². The van der Waals surface area contributed by atoms with Gasteiger partial charge in [0.1, 0.15) is 10.9 Å². The van der Waals surface area contributed by atoms with E-state index in [2.05, 4.69) is 49.4 Å². The van der Waals surface area contributed by atoms with Crippen molar-refractivity contribution in [3.63, 3.8) is 0 Å². The van der Waals surface area contributed by atoms with Crippen molar-refractivity contribution in [2.24, 2.45) is 10.9 Å². The first kappa shape index (κ1) is 21.0. The van der Waals surface area contributed by atoms with Crippen molar-refractivity contribution >= 4 is 14.1 Å². The number of aromatic amines is 1. The van der Waals surface area contributed by atoms with E-state index in [4.69, 9.17) is 9.73 Å². The van der Waals surface area contributed by atoms with E-state index in [1.807, 2.05) is 6.20 Å². The Morgan fingerprint density at radius 1 is 1.34 bits per heavy atom. The maximum Gasteiger partial charge on any atom is 0.274 e. The molecule has 1 aliphatic carbocycles. The Hall–Kier alpha value is -1.24. The van der Waals surface area contributed by atoms with Crippen molar-refractivity contribution in [3.8, 4) is 0 Å². The number of piperidine rings is 1. The second-order valence-corrected chi connectivity index (χ2v) is 15.8. The zero-order valence-corrected chi connectivity index (χ0v) is 19.8. The summed E-state index contributed by atoms with van der Waals surface area (Å²) >= 11 is 0. The molecule has 1 aromatic heterocycles. The summed E-state index contributed by atoms with van der Waals surface area (Å²) in [5.41, 5.74) is 0.817. The third-order valence-electron chi connectivity index (χ3n) is 6.66. The number of hydrogen-bond acceptors (Lipinski definition) is 4. The van der Waals surface area contributed by atoms with Crippen LogP contribution in [0.4, 0.5) is 0 Å². The summed E-state index contributed by atoms with van der Waals surface area (Å²) in [5, 5.41) is 1.73. The van der Waals surface area contributed by atoms with E-state index in [0.717, 1.165) is 24.9 Å². The molecule has 0 aromatic carbocycles. The molecule has 1 aromatic rings. The van der Waals surface area contributed by atoms with Gasteiger partial charge in [0.15, 0.2) is 0 Å². The second kappa shape index (κ2) is 7.78. The van der Waals surface area contributed by atoms with Crippen LogP contribution in [-0.4, -0.2) is 55.5 Å². The SMILES string of the molecule is CCOC(C1(CN2CCC[C@H](C)C2)C=c2c(C3CC3)c[nH]c(=O)c2=N1)[Si](C)(C)C. The number of pyridine rings is 1. The first-order valence-corrected chi connectivity index (χ1v) is 15.0. The van der Waals surface area contributed by atoms with Crippen molar-refractivity contribution in [2.75, 3.05) is 26.2 Å². The molecule has 1 saturated heterocycles. The van der Waals surface area contributed by atoms with E-state index in [1.165, 1.54) is 31.2 Å². The lowest BCUT2D eigenvalue weighted by molar-refractivity contribution is 0.0530. The first-order chi connectivity index (χ1) is 13.7. The molecular weight excluding hydrogens is 378 g/mol. The van der Waals surface area contributed by atoms with Gasteiger partial charge in [0.2, 0.25) is 0 Å². The molecule has 2 unspecified atom stereocenters. The molecule has 0 spiro atoms. The monoisotopic (exact) mass is 415 g/mol. The van der Waals surface area contributed by atoms with Crippen molar-refractivity contribution in [1.29, 1.82) is 0 Å². The Kier molecular flexibility index (Phi) is 5.64. The Morgan fingerprint density at radius 3 is 2.72 bits per heavy atom. The van der Waals surface area contributed by atoms with Gasteiger partial charge in [-0.05, 0) is 62.6 Å². The van der Waals surface area contributed by atoms with Crippen molar-refractivity contribution < 1.29 is 4.74 Å². The molecule has 160 valence electrons. The number of nitrogens with one attached hydrogen (secondary N) is 1. The predicted octanol–water partition coefficient (Wildman–Crippen LogP) is 2.42. The number of rotatable bonds is 7. The molecule has 3 atom stereocenters. The van der Waals surface area contributed by atoms with E-state index < -0.39 is 13.6 Å². The molecule has 1 N–H and O–H groups in total. The van der Waals surface area contributed by atoms with E-state index in [9.17, 15) is 4.79 Å². The molecular formula is C23H37N3O2Si. The topological polar surface area (TPSA) is 57.7 Å². The maximum atomic E-state index is 12.8. The van der Waals surface area contributed by atoms with Gasteiger partial charge in [-0.25, -0.2) is 0 Å². The van der Waals surface area contributed by atoms with Gasteiger partial charge in [-0.15, -0.1) is 0 Å². The fraction of sp³-hybridized carbons (Fsp3) is 0.739. The van der Waals surface area contributed by atoms with Crippen LogP contribution >= 0.6 is 0 Å². The average molecular weight is 416 g/mol. The predicted molar refractivity (Wildman–Crippen MR) is 121 cm³/mol. The standard InChI is InChI=1S/C23H37N3O2Si/c1-6-28-22(29(3,4)5)23(15-26-11-7-8-16(2)14-26)12-18-19(17-9-10-17)13-24-21(27)20(18)25-23/h12-13,16-17,22H,6-11,14-15H2,1-5H3,(H,24,27)/t16-,22?,23?/m0/s1. The smallest absolute Gasteiger partial charge is 0.274 e. The highest BCUT2D eigenvalue weighted by molar-refractivity contribution is 6.77. The highest BCUT2D eigenvalue weighted by atomic mass is 28.3. The normalized spacial score (nSPS) is 28.5. The molecule has 6 heteroatoms. The summed E-state index contributed by atoms with van der Waals surface area (Å²) < 4.78 is 6.45. The summed E-state index contributed by atoms with van der Waals surface area (Å²) in [5.74, 6) is 1.29. The number of H-pyrrole nitrogens is 1. The Labute approximate surface area is 175 Å².